The number of nitrogens with zero attached hydrogens (tertiary/aromatic N) is 8. The van der Waals surface area contributed by atoms with E-state index in [1.54, 1.807) is 9.36 Å². The minimum Gasteiger partial charge on any atom is -0.342 e. The monoisotopic (exact) mass is 754 g/mol. The third-order valence-corrected chi connectivity index (χ3v) is 10.8. The molecule has 0 aliphatic carbocycles. The number of benzene rings is 1. The van der Waals surface area contributed by atoms with E-state index in [0.29, 0.717) is 35.5 Å². The topological polar surface area (TPSA) is 179 Å². The Morgan fingerprint density at radius 1 is 0.528 bits per heavy atom. The average molecular weight is 755 g/mol. The van der Waals surface area contributed by atoms with Crippen LogP contribution in [0.15, 0.2) is 24.5 Å². The quantitative estimate of drug-likeness (QED) is 0.280. The highest BCUT2D eigenvalue weighted by atomic mass is 32.1. The fourth-order valence-corrected chi connectivity index (χ4v) is 8.93. The minimum atomic E-state index is -0.800. The van der Waals surface area contributed by atoms with E-state index in [1.807, 2.05) is 79.9 Å². The summed E-state index contributed by atoms with van der Waals surface area (Å²) in [4.78, 5) is 0. The van der Waals surface area contributed by atoms with Gasteiger partial charge in [-0.3, -0.25) is 0 Å². The van der Waals surface area contributed by atoms with E-state index in [0.717, 1.165) is 22.9 Å². The van der Waals surface area contributed by atoms with E-state index in [1.165, 1.54) is 0 Å². The van der Waals surface area contributed by atoms with Crippen LogP contribution in [-0.2, 0) is 60.5 Å². The van der Waals surface area contributed by atoms with Crippen molar-refractivity contribution in [1.82, 2.24) is 38.7 Å². The van der Waals surface area contributed by atoms with Gasteiger partial charge in [0, 0.05) is 11.1 Å². The van der Waals surface area contributed by atoms with Gasteiger partial charge in [-0.1, -0.05) is 10.4 Å². The summed E-state index contributed by atoms with van der Waals surface area (Å²) in [5.41, 5.74) is 4.21. The molecule has 4 aromatic rings. The van der Waals surface area contributed by atoms with Crippen molar-refractivity contribution >= 4 is 22.8 Å². The lowest BCUT2D eigenvalue weighted by Gasteiger charge is -2.37. The lowest BCUT2D eigenvalue weighted by atomic mass is 9.99. The molecule has 6 aliphatic heterocycles. The summed E-state index contributed by atoms with van der Waals surface area (Å²) in [5.74, 6) is -3.19. The fourth-order valence-electron chi connectivity index (χ4n) is 8.35. The van der Waals surface area contributed by atoms with Crippen LogP contribution in [0.1, 0.15) is 55.4 Å². The lowest BCUT2D eigenvalue weighted by molar-refractivity contribution is -0.237. The molecule has 18 nitrogen and oxygen atoms in total. The molecule has 19 heteroatoms. The summed E-state index contributed by atoms with van der Waals surface area (Å²) in [6.07, 6.45) is -0.589. The Morgan fingerprint density at radius 3 is 1.34 bits per heavy atom. The summed E-state index contributed by atoms with van der Waals surface area (Å²) in [6.45, 7) is 15.7. The van der Waals surface area contributed by atoms with Crippen LogP contribution in [-0.4, -0.2) is 123 Å². The highest BCUT2D eigenvalue weighted by Crippen LogP contribution is 2.46. The summed E-state index contributed by atoms with van der Waals surface area (Å²) in [5, 5.41) is 17.9. The molecule has 6 fully saturated rings. The van der Waals surface area contributed by atoms with Crippen LogP contribution in [0.2, 0.25) is 0 Å². The summed E-state index contributed by atoms with van der Waals surface area (Å²) < 4.78 is 75.1. The van der Waals surface area contributed by atoms with Gasteiger partial charge in [0.25, 0.3) is 0 Å². The van der Waals surface area contributed by atoms with Gasteiger partial charge < -0.3 is 47.4 Å². The third-order valence-electron chi connectivity index (χ3n) is 10.3. The molecule has 0 N–H and O–H groups in total. The van der Waals surface area contributed by atoms with E-state index in [4.69, 9.17) is 47.4 Å². The van der Waals surface area contributed by atoms with E-state index in [2.05, 4.69) is 29.4 Å². The van der Waals surface area contributed by atoms with Gasteiger partial charge in [0.15, 0.2) is 35.7 Å². The molecule has 53 heavy (non-hydrogen) atoms. The number of hydrogen-bond acceptors (Lipinski definition) is 17. The summed E-state index contributed by atoms with van der Waals surface area (Å²) in [7, 11) is 0. The van der Waals surface area contributed by atoms with Crippen LogP contribution in [0.25, 0.3) is 33.5 Å². The van der Waals surface area contributed by atoms with Crippen molar-refractivity contribution in [2.45, 2.75) is 153 Å². The second-order valence-electron chi connectivity index (χ2n) is 16.2. The Labute approximate surface area is 308 Å². The van der Waals surface area contributed by atoms with Crippen LogP contribution in [0.4, 0.5) is 0 Å². The van der Waals surface area contributed by atoms with Crippen molar-refractivity contribution < 1.29 is 47.4 Å². The summed E-state index contributed by atoms with van der Waals surface area (Å²) >= 11 is 1.12. The molecule has 3 aromatic heterocycles. The Morgan fingerprint density at radius 2 is 0.906 bits per heavy atom. The number of hydrogen-bond donors (Lipinski definition) is 0. The van der Waals surface area contributed by atoms with Crippen LogP contribution in [0.3, 0.4) is 0 Å². The molecule has 9 heterocycles. The van der Waals surface area contributed by atoms with Crippen molar-refractivity contribution in [3.8, 4) is 22.5 Å². The molecule has 0 spiro atoms. The Balaban J connectivity index is 0.873. The minimum absolute atomic E-state index is 0.357. The first-order chi connectivity index (χ1) is 25.1. The first-order valence-electron chi connectivity index (χ1n) is 17.9. The second-order valence-corrected chi connectivity index (χ2v) is 16.7. The van der Waals surface area contributed by atoms with Gasteiger partial charge in [0.1, 0.15) is 71.3 Å². The van der Waals surface area contributed by atoms with Crippen molar-refractivity contribution in [1.29, 1.82) is 0 Å². The number of aromatic nitrogens is 8. The molecule has 1 aromatic carbocycles. The standard InChI is InChI=1S/C34H42N8O10S/c1-31(2)45-23-19(43-29-27(25(23)47-31)49-33(5,6)51-29)13-41-11-17(35-39-41)15-9-10-16(22-21(15)37-53-38-22)18-12-42(40-36-18)14-20-24-26(48-32(3,4)46-24)28-30(44-20)52-34(7,8)50-28/h9-12,19-20,23-30H,13-14H2,1-8H3/t19-,20-,23+,24+,25+,26+,27-,28-,29-,30-/m1/s1. The van der Waals surface area contributed by atoms with Crippen molar-refractivity contribution in [2.24, 2.45) is 0 Å². The number of fused-ring (bicyclic) bond motifs is 7. The molecular formula is C34H42N8O10S. The van der Waals surface area contributed by atoms with E-state index < -0.39 is 60.1 Å². The Kier molecular flexibility index (Phi) is 7.61. The smallest absolute Gasteiger partial charge is 0.190 e. The molecular weight excluding hydrogens is 712 g/mol. The highest BCUT2D eigenvalue weighted by Gasteiger charge is 2.62. The van der Waals surface area contributed by atoms with Gasteiger partial charge in [-0.05, 0) is 67.5 Å². The van der Waals surface area contributed by atoms with Crippen LogP contribution in [0.5, 0.6) is 0 Å². The SMILES string of the molecule is CC1(C)O[C@H]2[C@@H](O1)[C@@H](Cn1cc(-c3ccc(-c4cn(C[C@H]5O[C@@H]6OC(C)(C)O[C@@H]6[C@H]6OC(C)(C)O[C@H]65)nn4)c4nsnc34)nn1)O[C@@H]1OC(C)(C)O[C@@H]12. The first kappa shape index (κ1) is 34.4. The number of ether oxygens (including phenoxy) is 10. The molecule has 0 amide bonds. The maximum Gasteiger partial charge on any atom is 0.190 e. The molecule has 6 saturated heterocycles. The van der Waals surface area contributed by atoms with E-state index in [-0.39, 0.29) is 24.4 Å². The van der Waals surface area contributed by atoms with Crippen LogP contribution >= 0.6 is 11.7 Å². The van der Waals surface area contributed by atoms with Gasteiger partial charge in [-0.15, -0.1) is 10.2 Å². The van der Waals surface area contributed by atoms with E-state index in [9.17, 15) is 0 Å². The average Bonchev–Trinajstić information content (AvgIpc) is 3.91. The molecule has 0 unspecified atom stereocenters. The van der Waals surface area contributed by atoms with Crippen molar-refractivity contribution in [2.75, 3.05) is 0 Å². The van der Waals surface area contributed by atoms with Gasteiger partial charge >= 0.3 is 0 Å². The lowest BCUT2D eigenvalue weighted by Crippen LogP contribution is -2.56. The Hall–Kier alpha value is -3.08. The van der Waals surface area contributed by atoms with Crippen molar-refractivity contribution in [3.05, 3.63) is 24.5 Å². The van der Waals surface area contributed by atoms with Crippen LogP contribution < -0.4 is 0 Å². The predicted octanol–water partition coefficient (Wildman–Crippen LogP) is 3.00. The van der Waals surface area contributed by atoms with Gasteiger partial charge in [-0.25, -0.2) is 9.36 Å². The third kappa shape index (κ3) is 6.00. The molecule has 6 aliphatic rings. The Bertz CT molecular complexity index is 1910. The first-order valence-corrected chi connectivity index (χ1v) is 18.6. The zero-order valence-electron chi connectivity index (χ0n) is 30.6. The summed E-state index contributed by atoms with van der Waals surface area (Å²) in [6, 6.07) is 3.90. The fraction of sp³-hybridized carbons (Fsp3) is 0.706. The van der Waals surface area contributed by atoms with Crippen molar-refractivity contribution in [3.63, 3.8) is 0 Å². The zero-order valence-corrected chi connectivity index (χ0v) is 31.4. The normalized spacial score (nSPS) is 37.4. The van der Waals surface area contributed by atoms with Gasteiger partial charge in [0.05, 0.1) is 37.2 Å². The number of rotatable bonds is 6. The molecule has 284 valence electrons. The molecule has 10 rings (SSSR count). The zero-order chi connectivity index (χ0) is 36.7. The van der Waals surface area contributed by atoms with E-state index >= 15 is 0 Å². The second kappa shape index (κ2) is 11.7. The molecule has 0 bridgehead atoms. The largest absolute Gasteiger partial charge is 0.342 e. The highest BCUT2D eigenvalue weighted by molar-refractivity contribution is 7.00. The molecule has 0 radical (unpaired) electrons. The maximum atomic E-state index is 6.39. The van der Waals surface area contributed by atoms with Gasteiger partial charge in [-0.2, -0.15) is 8.75 Å². The van der Waals surface area contributed by atoms with Crippen LogP contribution in [0, 0.1) is 0 Å². The predicted molar refractivity (Wildman–Crippen MR) is 180 cm³/mol. The van der Waals surface area contributed by atoms with Gasteiger partial charge in [0.2, 0.25) is 0 Å². The molecule has 0 saturated carbocycles. The molecule has 10 atom stereocenters. The maximum absolute atomic E-state index is 6.39.